The molecule has 0 saturated heterocycles. The molecule has 1 aromatic rings. The summed E-state index contributed by atoms with van der Waals surface area (Å²) in [5.41, 5.74) is 1.97. The summed E-state index contributed by atoms with van der Waals surface area (Å²) in [6, 6.07) is 7.73. The summed E-state index contributed by atoms with van der Waals surface area (Å²) >= 11 is 0. The van der Waals surface area contributed by atoms with Gasteiger partial charge in [0.1, 0.15) is 6.54 Å². The van der Waals surface area contributed by atoms with E-state index in [1.165, 1.54) is 17.4 Å². The summed E-state index contributed by atoms with van der Waals surface area (Å²) < 4.78 is 0. The van der Waals surface area contributed by atoms with Gasteiger partial charge in [-0.3, -0.25) is 9.59 Å². The van der Waals surface area contributed by atoms with E-state index in [1.54, 1.807) is 0 Å². The van der Waals surface area contributed by atoms with Crippen molar-refractivity contribution in [1.82, 2.24) is 5.32 Å². The van der Waals surface area contributed by atoms with Crippen LogP contribution in [0.5, 0.6) is 0 Å². The van der Waals surface area contributed by atoms with Crippen molar-refractivity contribution in [2.75, 3.05) is 18.0 Å². The van der Waals surface area contributed by atoms with Crippen LogP contribution in [0.4, 0.5) is 5.69 Å². The highest BCUT2D eigenvalue weighted by Gasteiger charge is 2.15. The second-order valence-corrected chi connectivity index (χ2v) is 4.48. The molecule has 19 heavy (non-hydrogen) atoms. The number of amides is 2. The van der Waals surface area contributed by atoms with Crippen LogP contribution in [0.2, 0.25) is 0 Å². The number of carbonyl (C=O) groups excluding carboxylic acids is 2. The molecule has 0 bridgehead atoms. The average Bonchev–Trinajstić information content (AvgIpc) is 2.42. The minimum atomic E-state index is -0.129. The first-order chi connectivity index (χ1) is 9.08. The second-order valence-electron chi connectivity index (χ2n) is 4.48. The Hall–Kier alpha value is -1.84. The van der Waals surface area contributed by atoms with Crippen LogP contribution >= 0.6 is 0 Å². The maximum Gasteiger partial charge on any atom is 0.240 e. The molecule has 0 aliphatic heterocycles. The van der Waals surface area contributed by atoms with Gasteiger partial charge in [-0.25, -0.2) is 0 Å². The first kappa shape index (κ1) is 15.2. The molecule has 0 atom stereocenters. The molecule has 0 heterocycles. The molecule has 0 fully saturated rings. The van der Waals surface area contributed by atoms with Crippen molar-refractivity contribution >= 4 is 17.5 Å². The fraction of sp³-hybridized carbons (Fsp3) is 0.467. The van der Waals surface area contributed by atoms with Gasteiger partial charge in [0, 0.05) is 19.2 Å². The smallest absolute Gasteiger partial charge is 0.240 e. The van der Waals surface area contributed by atoms with Crippen LogP contribution in [0.25, 0.3) is 0 Å². The molecule has 104 valence electrons. The van der Waals surface area contributed by atoms with Crippen molar-refractivity contribution in [2.24, 2.45) is 0 Å². The molecule has 0 unspecified atom stereocenters. The minimum absolute atomic E-state index is 0.0702. The van der Waals surface area contributed by atoms with Crippen LogP contribution in [0.3, 0.4) is 0 Å². The van der Waals surface area contributed by atoms with Gasteiger partial charge in [0.2, 0.25) is 11.8 Å². The van der Waals surface area contributed by atoms with E-state index in [2.05, 4.69) is 12.2 Å². The number of hydrogen-bond donors (Lipinski definition) is 1. The van der Waals surface area contributed by atoms with Crippen LogP contribution in [0, 0.1) is 0 Å². The minimum Gasteiger partial charge on any atom is -0.355 e. The summed E-state index contributed by atoms with van der Waals surface area (Å²) in [5.74, 6) is -0.257. The lowest BCUT2D eigenvalue weighted by atomic mass is 10.1. The van der Waals surface area contributed by atoms with Crippen LogP contribution < -0.4 is 10.2 Å². The molecule has 1 N–H and O–H groups in total. The maximum atomic E-state index is 11.7. The van der Waals surface area contributed by atoms with Gasteiger partial charge in [-0.15, -0.1) is 0 Å². The highest BCUT2D eigenvalue weighted by molar-refractivity contribution is 5.97. The normalized spacial score (nSPS) is 10.1. The van der Waals surface area contributed by atoms with Crippen molar-refractivity contribution in [3.63, 3.8) is 0 Å². The van der Waals surface area contributed by atoms with Gasteiger partial charge < -0.3 is 10.2 Å². The van der Waals surface area contributed by atoms with Crippen molar-refractivity contribution in [2.45, 2.75) is 33.6 Å². The van der Waals surface area contributed by atoms with Crippen molar-refractivity contribution in [3.8, 4) is 0 Å². The lowest BCUT2D eigenvalue weighted by Gasteiger charge is -2.21. The predicted molar refractivity (Wildman–Crippen MR) is 77.1 cm³/mol. The van der Waals surface area contributed by atoms with E-state index in [1.807, 2.05) is 31.2 Å². The zero-order valence-corrected chi connectivity index (χ0v) is 11.9. The summed E-state index contributed by atoms with van der Waals surface area (Å²) in [4.78, 5) is 24.9. The number of benzene rings is 1. The molecule has 4 nitrogen and oxygen atoms in total. The Morgan fingerprint density at radius 3 is 2.26 bits per heavy atom. The first-order valence-corrected chi connectivity index (χ1v) is 6.72. The molecule has 0 aromatic heterocycles. The van der Waals surface area contributed by atoms with Crippen molar-refractivity contribution < 1.29 is 9.59 Å². The van der Waals surface area contributed by atoms with Gasteiger partial charge in [0.25, 0.3) is 0 Å². The van der Waals surface area contributed by atoms with E-state index in [0.29, 0.717) is 6.54 Å². The molecular formula is C15H22N2O2. The number of nitrogens with one attached hydrogen (secondary N) is 1. The highest BCUT2D eigenvalue weighted by atomic mass is 16.2. The van der Waals surface area contributed by atoms with Gasteiger partial charge in [-0.2, -0.15) is 0 Å². The fourth-order valence-electron chi connectivity index (χ4n) is 1.76. The zero-order chi connectivity index (χ0) is 14.3. The Balaban J connectivity index is 2.76. The van der Waals surface area contributed by atoms with E-state index in [0.717, 1.165) is 18.5 Å². The standard InChI is InChI=1S/C15H22N2O2/c1-4-10-16-15(19)11-17(12(3)18)14-8-6-13(5-2)7-9-14/h6-9H,4-5,10-11H2,1-3H3,(H,16,19). The lowest BCUT2D eigenvalue weighted by molar-refractivity contribution is -0.123. The largest absolute Gasteiger partial charge is 0.355 e. The number of anilines is 1. The molecular weight excluding hydrogens is 240 g/mol. The van der Waals surface area contributed by atoms with Crippen molar-refractivity contribution in [1.29, 1.82) is 0 Å². The number of nitrogens with zero attached hydrogens (tertiary/aromatic N) is 1. The molecule has 1 aromatic carbocycles. The Kier molecular flexibility index (Phi) is 6.06. The van der Waals surface area contributed by atoms with Gasteiger partial charge in [-0.05, 0) is 30.5 Å². The maximum absolute atomic E-state index is 11.7. The Morgan fingerprint density at radius 1 is 1.16 bits per heavy atom. The van der Waals surface area contributed by atoms with Crippen LogP contribution in [0.1, 0.15) is 32.8 Å². The molecule has 0 aliphatic rings. The van der Waals surface area contributed by atoms with Gasteiger partial charge in [0.05, 0.1) is 0 Å². The monoisotopic (exact) mass is 262 g/mol. The molecule has 0 aliphatic carbocycles. The fourth-order valence-corrected chi connectivity index (χ4v) is 1.76. The Morgan fingerprint density at radius 2 is 1.79 bits per heavy atom. The molecule has 4 heteroatoms. The Bertz CT molecular complexity index is 426. The van der Waals surface area contributed by atoms with E-state index in [4.69, 9.17) is 0 Å². The zero-order valence-electron chi connectivity index (χ0n) is 11.9. The summed E-state index contributed by atoms with van der Waals surface area (Å²) in [5, 5.41) is 2.78. The first-order valence-electron chi connectivity index (χ1n) is 6.72. The van der Waals surface area contributed by atoms with Crippen LogP contribution in [-0.4, -0.2) is 24.9 Å². The van der Waals surface area contributed by atoms with Crippen molar-refractivity contribution in [3.05, 3.63) is 29.8 Å². The molecule has 1 rings (SSSR count). The van der Waals surface area contributed by atoms with E-state index in [9.17, 15) is 9.59 Å². The van der Waals surface area contributed by atoms with Crippen LogP contribution in [-0.2, 0) is 16.0 Å². The molecule has 0 radical (unpaired) electrons. The molecule has 0 spiro atoms. The van der Waals surface area contributed by atoms with Gasteiger partial charge in [0.15, 0.2) is 0 Å². The third kappa shape index (κ3) is 4.73. The second kappa shape index (κ2) is 7.56. The van der Waals surface area contributed by atoms with E-state index < -0.39 is 0 Å². The van der Waals surface area contributed by atoms with Gasteiger partial charge in [-0.1, -0.05) is 26.0 Å². The summed E-state index contributed by atoms with van der Waals surface area (Å²) in [7, 11) is 0. The number of aryl methyl sites for hydroxylation is 1. The van der Waals surface area contributed by atoms with E-state index in [-0.39, 0.29) is 18.4 Å². The molecule has 2 amide bonds. The number of carbonyl (C=O) groups is 2. The topological polar surface area (TPSA) is 49.4 Å². The van der Waals surface area contributed by atoms with Gasteiger partial charge >= 0.3 is 0 Å². The third-order valence-electron chi connectivity index (χ3n) is 2.91. The Labute approximate surface area is 114 Å². The number of rotatable bonds is 6. The molecule has 0 saturated carbocycles. The quantitative estimate of drug-likeness (QED) is 0.853. The van der Waals surface area contributed by atoms with E-state index >= 15 is 0 Å². The summed E-state index contributed by atoms with van der Waals surface area (Å²) in [6.07, 6.45) is 1.84. The highest BCUT2D eigenvalue weighted by Crippen LogP contribution is 2.15. The SMILES string of the molecule is CCCNC(=O)CN(C(C)=O)c1ccc(CC)cc1. The summed E-state index contributed by atoms with van der Waals surface area (Å²) in [6.45, 7) is 6.25. The average molecular weight is 262 g/mol. The number of hydrogen-bond acceptors (Lipinski definition) is 2. The van der Waals surface area contributed by atoms with Crippen LogP contribution in [0.15, 0.2) is 24.3 Å². The third-order valence-corrected chi connectivity index (χ3v) is 2.91. The predicted octanol–water partition coefficient (Wildman–Crippen LogP) is 2.13. The lowest BCUT2D eigenvalue weighted by Crippen LogP contribution is -2.40.